The van der Waals surface area contributed by atoms with Crippen LogP contribution in [0, 0.1) is 6.92 Å². The van der Waals surface area contributed by atoms with Crippen LogP contribution in [-0.4, -0.2) is 80.4 Å². The minimum atomic E-state index is -1.26. The van der Waals surface area contributed by atoms with E-state index in [1.807, 2.05) is 42.6 Å². The second kappa shape index (κ2) is 14.1. The normalized spacial score (nSPS) is 21.1. The number of carbonyl (C=O) groups is 3. The summed E-state index contributed by atoms with van der Waals surface area (Å²) >= 11 is 0. The number of ketones is 1. The summed E-state index contributed by atoms with van der Waals surface area (Å²) in [4.78, 5) is 68.2. The van der Waals surface area contributed by atoms with Crippen LogP contribution in [0.3, 0.4) is 0 Å². The van der Waals surface area contributed by atoms with E-state index in [0.29, 0.717) is 73.7 Å². The Morgan fingerprint density at radius 2 is 1.77 bits per heavy atom. The molecule has 4 fully saturated rings. The molecule has 1 atom stereocenters. The quantitative estimate of drug-likeness (QED) is 0.169. The Kier molecular flexibility index (Phi) is 9.30. The van der Waals surface area contributed by atoms with Gasteiger partial charge in [0.05, 0.1) is 11.5 Å². The molecule has 4 aromatic rings. The molecule has 2 N–H and O–H groups in total. The van der Waals surface area contributed by atoms with Gasteiger partial charge in [-0.1, -0.05) is 31.0 Å². The number of carbonyl (C=O) groups excluding carboxylic acids is 3. The first-order chi connectivity index (χ1) is 25.5. The third-order valence-corrected chi connectivity index (χ3v) is 11.7. The fourth-order valence-corrected chi connectivity index (χ4v) is 8.73. The largest absolute Gasteiger partial charge is 0.371 e. The van der Waals surface area contributed by atoms with E-state index >= 15 is 4.39 Å². The number of aromatic nitrogens is 4. The fourth-order valence-electron chi connectivity index (χ4n) is 8.73. The Bertz CT molecular complexity index is 2130. The molecule has 53 heavy (non-hydrogen) atoms. The number of alkyl halides is 1. The van der Waals surface area contributed by atoms with E-state index in [-0.39, 0.29) is 46.6 Å². The van der Waals surface area contributed by atoms with Crippen LogP contribution in [0.15, 0.2) is 53.6 Å². The summed E-state index contributed by atoms with van der Waals surface area (Å²) in [5.74, 6) is 0.114. The number of rotatable bonds is 9. The zero-order valence-corrected chi connectivity index (χ0v) is 30.2. The molecule has 12 nitrogen and oxygen atoms in total. The number of nitrogens with one attached hydrogen (secondary N) is 2. The summed E-state index contributed by atoms with van der Waals surface area (Å²) < 4.78 is 17.8. The van der Waals surface area contributed by atoms with Crippen molar-refractivity contribution >= 4 is 46.1 Å². The van der Waals surface area contributed by atoms with E-state index in [1.54, 1.807) is 17.7 Å². The zero-order valence-electron chi connectivity index (χ0n) is 30.2. The van der Waals surface area contributed by atoms with Gasteiger partial charge >= 0.3 is 0 Å². The van der Waals surface area contributed by atoms with Gasteiger partial charge in [-0.2, -0.15) is 4.98 Å². The van der Waals surface area contributed by atoms with Gasteiger partial charge in [-0.05, 0) is 68.0 Å². The highest BCUT2D eigenvalue weighted by Crippen LogP contribution is 2.36. The molecule has 1 aliphatic carbocycles. The highest BCUT2D eigenvalue weighted by molar-refractivity contribution is 6.01. The van der Waals surface area contributed by atoms with Crippen molar-refractivity contribution in [2.45, 2.75) is 88.8 Å². The minimum Gasteiger partial charge on any atom is -0.371 e. The number of hydrogen-bond donors (Lipinski definition) is 2. The van der Waals surface area contributed by atoms with E-state index in [1.165, 1.54) is 6.92 Å². The maximum Gasteiger partial charge on any atom is 0.263 e. The lowest BCUT2D eigenvalue weighted by molar-refractivity contribution is -0.134. The highest BCUT2D eigenvalue weighted by atomic mass is 19.1. The molecule has 3 saturated heterocycles. The fraction of sp³-hybridized carbons (Fsp3) is 0.475. The number of fused-ring (bicyclic) bond motifs is 1. The van der Waals surface area contributed by atoms with Crippen molar-refractivity contribution < 1.29 is 18.8 Å². The first-order valence-corrected chi connectivity index (χ1v) is 18.8. The van der Waals surface area contributed by atoms with Crippen LogP contribution in [0.5, 0.6) is 0 Å². The molecule has 4 aliphatic rings. The molecule has 0 spiro atoms. The van der Waals surface area contributed by atoms with Crippen LogP contribution in [-0.2, 0) is 9.59 Å². The first kappa shape index (κ1) is 35.0. The molecule has 8 rings (SSSR count). The molecule has 1 saturated carbocycles. The highest BCUT2D eigenvalue weighted by Gasteiger charge is 2.40. The lowest BCUT2D eigenvalue weighted by atomic mass is 9.87. The molecule has 3 aliphatic heterocycles. The van der Waals surface area contributed by atoms with Crippen molar-refractivity contribution in [3.63, 3.8) is 0 Å². The average Bonchev–Trinajstić information content (AvgIpc) is 3.65. The van der Waals surface area contributed by atoms with E-state index < -0.39 is 5.67 Å². The van der Waals surface area contributed by atoms with Gasteiger partial charge in [-0.3, -0.25) is 34.0 Å². The van der Waals surface area contributed by atoms with Crippen LogP contribution in [0.4, 0.5) is 21.8 Å². The van der Waals surface area contributed by atoms with Crippen molar-refractivity contribution in [1.29, 1.82) is 0 Å². The molecule has 6 heterocycles. The van der Waals surface area contributed by atoms with Crippen LogP contribution in [0.1, 0.15) is 103 Å². The zero-order chi connectivity index (χ0) is 36.9. The maximum atomic E-state index is 16.1. The Hall–Kier alpha value is -5.04. The number of anilines is 3. The number of hydrogen-bond acceptors (Lipinski definition) is 10. The van der Waals surface area contributed by atoms with Crippen LogP contribution in [0.25, 0.3) is 11.0 Å². The van der Waals surface area contributed by atoms with Crippen molar-refractivity contribution in [2.75, 3.05) is 42.9 Å². The van der Waals surface area contributed by atoms with E-state index in [9.17, 15) is 19.2 Å². The summed E-state index contributed by atoms with van der Waals surface area (Å²) in [5, 5.41) is 6.32. The number of nitrogens with zero attached hydrogens (tertiary/aromatic N) is 6. The molecule has 1 unspecified atom stereocenters. The number of piperidine rings is 2. The number of Topliss-reactive ketones (excluding diaryl/α,β-unsaturated/α-hetero) is 1. The third kappa shape index (κ3) is 6.94. The summed E-state index contributed by atoms with van der Waals surface area (Å²) in [6, 6.07) is 11.8. The maximum absolute atomic E-state index is 16.1. The van der Waals surface area contributed by atoms with Gasteiger partial charge < -0.3 is 10.2 Å². The van der Waals surface area contributed by atoms with Gasteiger partial charge in [-0.15, -0.1) is 0 Å². The number of aryl methyl sites for hydroxylation is 1. The Morgan fingerprint density at radius 3 is 2.47 bits per heavy atom. The summed E-state index contributed by atoms with van der Waals surface area (Å²) in [6.07, 6.45) is 9.05. The molecule has 2 amide bonds. The predicted octanol–water partition coefficient (Wildman–Crippen LogP) is 5.48. The Morgan fingerprint density at radius 1 is 1.00 bits per heavy atom. The van der Waals surface area contributed by atoms with Crippen molar-refractivity contribution in [3.8, 4) is 0 Å². The first-order valence-electron chi connectivity index (χ1n) is 18.8. The topological polar surface area (TPSA) is 142 Å². The van der Waals surface area contributed by atoms with Gasteiger partial charge in [0.25, 0.3) is 5.56 Å². The molecule has 0 bridgehead atoms. The van der Waals surface area contributed by atoms with Crippen molar-refractivity contribution in [1.82, 2.24) is 29.7 Å². The third-order valence-electron chi connectivity index (χ3n) is 11.7. The SMILES string of the molecule is CC(=O)c1c(C)c2cnc(Nc3ccc(C4CN(CC5(F)CCN(c6cccc(C7CCC(=O)NC7=O)c6)CC5)C4)cn3)nc2n(C2CCCC2)c1=O. The molecule has 13 heteroatoms. The van der Waals surface area contributed by atoms with Crippen LogP contribution >= 0.6 is 0 Å². The number of pyridine rings is 2. The lowest BCUT2D eigenvalue weighted by Crippen LogP contribution is -2.54. The molecular formula is C40H45FN8O4. The predicted molar refractivity (Wildman–Crippen MR) is 200 cm³/mol. The average molecular weight is 721 g/mol. The molecular weight excluding hydrogens is 675 g/mol. The van der Waals surface area contributed by atoms with E-state index in [0.717, 1.165) is 55.6 Å². The van der Waals surface area contributed by atoms with Crippen molar-refractivity contribution in [2.24, 2.45) is 0 Å². The molecule has 276 valence electrons. The molecule has 1 aromatic carbocycles. The van der Waals surface area contributed by atoms with Gasteiger partial charge in [0.15, 0.2) is 5.78 Å². The minimum absolute atomic E-state index is 0.00214. The second-order valence-electron chi connectivity index (χ2n) is 15.3. The van der Waals surface area contributed by atoms with Gasteiger partial charge in [0.2, 0.25) is 17.8 Å². The Balaban J connectivity index is 0.865. The standard InChI is InChI=1S/C40H45FN8O4/c1-24-32-20-43-39(46-36(32)49(29-7-3-4-8-29)38(53)35(24)25(2)50)44-33-12-10-27(19-42-33)28-21-47(22-28)23-40(41)14-16-48(17-15-40)30-9-5-6-26(18-30)31-11-13-34(51)45-37(31)52/h5-6,9-10,12,18-20,28-29,31H,3-4,7-8,11,13-17,21-23H2,1-2H3,(H,45,51,52)(H,42,43,44,46). The second-order valence-corrected chi connectivity index (χ2v) is 15.3. The summed E-state index contributed by atoms with van der Waals surface area (Å²) in [6.45, 7) is 6.35. The van der Waals surface area contributed by atoms with Gasteiger partial charge in [0, 0.05) is 87.4 Å². The lowest BCUT2D eigenvalue weighted by Gasteiger charge is -2.45. The van der Waals surface area contributed by atoms with E-state index in [2.05, 4.69) is 30.4 Å². The number of likely N-dealkylation sites (tertiary alicyclic amines) is 1. The number of benzene rings is 1. The van der Waals surface area contributed by atoms with Crippen LogP contribution in [0.2, 0.25) is 0 Å². The van der Waals surface area contributed by atoms with Gasteiger partial charge in [-0.25, -0.2) is 14.4 Å². The van der Waals surface area contributed by atoms with Crippen LogP contribution < -0.4 is 21.1 Å². The summed E-state index contributed by atoms with van der Waals surface area (Å²) in [7, 11) is 0. The molecule has 0 radical (unpaired) electrons. The van der Waals surface area contributed by atoms with Crippen molar-refractivity contribution in [3.05, 3.63) is 81.4 Å². The number of imide groups is 1. The Labute approximate surface area is 307 Å². The molecule has 3 aromatic heterocycles. The van der Waals surface area contributed by atoms with Gasteiger partial charge in [0.1, 0.15) is 17.1 Å². The number of amides is 2. The summed E-state index contributed by atoms with van der Waals surface area (Å²) in [5.41, 5.74) is 2.77. The van der Waals surface area contributed by atoms with E-state index in [4.69, 9.17) is 4.98 Å². The smallest absolute Gasteiger partial charge is 0.263 e. The number of halogens is 1. The monoisotopic (exact) mass is 720 g/mol.